The molecule has 0 atom stereocenters. The maximum Gasteiger partial charge on any atom is 0.150 e. The van der Waals surface area contributed by atoms with Gasteiger partial charge in [-0.1, -0.05) is 52.5 Å². The number of carbonyl (C=O) groups is 1. The Kier molecular flexibility index (Phi) is 4.18. The molecule has 0 aliphatic heterocycles. The number of hydrogen-bond acceptors (Lipinski definition) is 1. The molecule has 0 spiro atoms. The van der Waals surface area contributed by atoms with Crippen LogP contribution in [0.5, 0.6) is 0 Å². The molecule has 0 aliphatic carbocycles. The predicted molar refractivity (Wildman–Crippen MR) is 77.3 cm³/mol. The highest BCUT2D eigenvalue weighted by atomic mass is 35.5. The predicted octanol–water partition coefficient (Wildman–Crippen LogP) is 5.78. The molecule has 0 bridgehead atoms. The Balaban J connectivity index is 2.72. The maximum absolute atomic E-state index is 10.8. The monoisotopic (exact) mass is 318 g/mol. The first-order valence-corrected chi connectivity index (χ1v) is 6.43. The number of halogens is 4. The van der Waals surface area contributed by atoms with E-state index in [0.29, 0.717) is 36.8 Å². The standard InChI is InChI=1S/C13H6Cl4O/c14-8-4-11(16)13(12(17)5-8)9-3-7(6-18)1-2-10(9)15/h1-6H. The first kappa shape index (κ1) is 13.7. The summed E-state index contributed by atoms with van der Waals surface area (Å²) in [6.45, 7) is 0. The molecular weight excluding hydrogens is 314 g/mol. The Morgan fingerprint density at radius 2 is 1.44 bits per heavy atom. The van der Waals surface area contributed by atoms with Crippen LogP contribution < -0.4 is 0 Å². The zero-order chi connectivity index (χ0) is 13.3. The van der Waals surface area contributed by atoms with Gasteiger partial charge in [0, 0.05) is 26.7 Å². The number of hydrogen-bond donors (Lipinski definition) is 0. The lowest BCUT2D eigenvalue weighted by atomic mass is 10.0. The molecule has 0 heterocycles. The van der Waals surface area contributed by atoms with Gasteiger partial charge in [-0.2, -0.15) is 0 Å². The third kappa shape index (κ3) is 2.65. The Morgan fingerprint density at radius 3 is 2.00 bits per heavy atom. The number of carbonyl (C=O) groups excluding carboxylic acids is 1. The molecule has 0 aliphatic rings. The van der Waals surface area contributed by atoms with Crippen LogP contribution >= 0.6 is 46.4 Å². The van der Waals surface area contributed by atoms with Gasteiger partial charge in [-0.05, 0) is 24.3 Å². The fraction of sp³-hybridized carbons (Fsp3) is 0. The lowest BCUT2D eigenvalue weighted by Crippen LogP contribution is -1.87. The minimum absolute atomic E-state index is 0.387. The number of aldehydes is 1. The van der Waals surface area contributed by atoms with Crippen molar-refractivity contribution in [3.8, 4) is 11.1 Å². The van der Waals surface area contributed by atoms with E-state index < -0.39 is 0 Å². The third-order valence-electron chi connectivity index (χ3n) is 2.40. The Labute approximate surface area is 124 Å². The lowest BCUT2D eigenvalue weighted by Gasteiger charge is -2.10. The van der Waals surface area contributed by atoms with Gasteiger partial charge in [0.1, 0.15) is 6.29 Å². The Hall–Kier alpha value is -0.730. The summed E-state index contributed by atoms with van der Waals surface area (Å²) in [6, 6.07) is 8.04. The van der Waals surface area contributed by atoms with E-state index in [-0.39, 0.29) is 0 Å². The first-order valence-electron chi connectivity index (χ1n) is 4.92. The van der Waals surface area contributed by atoms with Crippen LogP contribution in [-0.2, 0) is 0 Å². The van der Waals surface area contributed by atoms with E-state index in [0.717, 1.165) is 6.29 Å². The molecule has 92 valence electrons. The number of benzene rings is 2. The van der Waals surface area contributed by atoms with Gasteiger partial charge < -0.3 is 0 Å². The van der Waals surface area contributed by atoms with Crippen molar-refractivity contribution in [3.63, 3.8) is 0 Å². The van der Waals surface area contributed by atoms with Gasteiger partial charge in [0.15, 0.2) is 0 Å². The highest BCUT2D eigenvalue weighted by molar-refractivity contribution is 6.43. The second-order valence-corrected chi connectivity index (χ2v) is 5.26. The molecule has 0 unspecified atom stereocenters. The van der Waals surface area contributed by atoms with E-state index in [1.54, 1.807) is 30.3 Å². The van der Waals surface area contributed by atoms with Crippen molar-refractivity contribution in [3.05, 3.63) is 56.0 Å². The van der Waals surface area contributed by atoms with Crippen LogP contribution in [-0.4, -0.2) is 6.29 Å². The summed E-state index contributed by atoms with van der Waals surface area (Å²) in [5.74, 6) is 0. The van der Waals surface area contributed by atoms with Gasteiger partial charge in [-0.15, -0.1) is 0 Å². The molecule has 0 fully saturated rings. The van der Waals surface area contributed by atoms with Gasteiger partial charge in [-0.25, -0.2) is 0 Å². The quantitative estimate of drug-likeness (QED) is 0.641. The molecule has 0 radical (unpaired) electrons. The summed E-state index contributed by atoms with van der Waals surface area (Å²) < 4.78 is 0. The van der Waals surface area contributed by atoms with Gasteiger partial charge in [0.25, 0.3) is 0 Å². The molecule has 1 nitrogen and oxygen atoms in total. The van der Waals surface area contributed by atoms with E-state index in [9.17, 15) is 4.79 Å². The molecular formula is C13H6Cl4O. The van der Waals surface area contributed by atoms with Gasteiger partial charge in [-0.3, -0.25) is 4.79 Å². The van der Waals surface area contributed by atoms with Crippen molar-refractivity contribution in [2.45, 2.75) is 0 Å². The molecule has 0 N–H and O–H groups in total. The van der Waals surface area contributed by atoms with Crippen molar-refractivity contribution in [2.24, 2.45) is 0 Å². The average molecular weight is 320 g/mol. The smallest absolute Gasteiger partial charge is 0.150 e. The van der Waals surface area contributed by atoms with Crippen LogP contribution in [0.15, 0.2) is 30.3 Å². The molecule has 5 heteroatoms. The van der Waals surface area contributed by atoms with E-state index >= 15 is 0 Å². The average Bonchev–Trinajstić information content (AvgIpc) is 2.30. The fourth-order valence-electron chi connectivity index (χ4n) is 1.61. The van der Waals surface area contributed by atoms with Crippen LogP contribution in [0.2, 0.25) is 20.1 Å². The summed E-state index contributed by atoms with van der Waals surface area (Å²) in [5, 5.41) is 1.68. The SMILES string of the molecule is O=Cc1ccc(Cl)c(-c2c(Cl)cc(Cl)cc2Cl)c1. The molecule has 2 rings (SSSR count). The zero-order valence-electron chi connectivity index (χ0n) is 8.88. The van der Waals surface area contributed by atoms with E-state index in [1.165, 1.54) is 0 Å². The van der Waals surface area contributed by atoms with Crippen LogP contribution in [0.25, 0.3) is 11.1 Å². The summed E-state index contributed by atoms with van der Waals surface area (Å²) in [7, 11) is 0. The summed E-state index contributed by atoms with van der Waals surface area (Å²) in [6.07, 6.45) is 0.734. The van der Waals surface area contributed by atoms with E-state index in [4.69, 9.17) is 46.4 Å². The second-order valence-electron chi connectivity index (χ2n) is 3.60. The highest BCUT2D eigenvalue weighted by Crippen LogP contribution is 2.40. The van der Waals surface area contributed by atoms with E-state index in [1.807, 2.05) is 0 Å². The van der Waals surface area contributed by atoms with Crippen LogP contribution in [0.3, 0.4) is 0 Å². The summed E-state index contributed by atoms with van der Waals surface area (Å²) >= 11 is 24.2. The second kappa shape index (κ2) is 5.50. The molecule has 0 saturated carbocycles. The topological polar surface area (TPSA) is 17.1 Å². The largest absolute Gasteiger partial charge is 0.298 e. The van der Waals surface area contributed by atoms with Crippen molar-refractivity contribution < 1.29 is 4.79 Å². The summed E-state index contributed by atoms with van der Waals surface area (Å²) in [5.41, 5.74) is 1.67. The van der Waals surface area contributed by atoms with E-state index in [2.05, 4.69) is 0 Å². The van der Waals surface area contributed by atoms with Crippen molar-refractivity contribution in [2.75, 3.05) is 0 Å². The molecule has 2 aromatic carbocycles. The molecule has 18 heavy (non-hydrogen) atoms. The first-order chi connectivity index (χ1) is 8.52. The van der Waals surface area contributed by atoms with Crippen LogP contribution in [0.1, 0.15) is 10.4 Å². The molecule has 0 amide bonds. The third-order valence-corrected chi connectivity index (χ3v) is 3.55. The van der Waals surface area contributed by atoms with Crippen molar-refractivity contribution in [1.82, 2.24) is 0 Å². The van der Waals surface area contributed by atoms with Crippen LogP contribution in [0.4, 0.5) is 0 Å². The van der Waals surface area contributed by atoms with Gasteiger partial charge in [0.2, 0.25) is 0 Å². The highest BCUT2D eigenvalue weighted by Gasteiger charge is 2.13. The van der Waals surface area contributed by atoms with Crippen molar-refractivity contribution >= 4 is 52.7 Å². The molecule has 0 aromatic heterocycles. The minimum Gasteiger partial charge on any atom is -0.298 e. The minimum atomic E-state index is 0.387. The Bertz CT molecular complexity index is 599. The summed E-state index contributed by atoms with van der Waals surface area (Å²) in [4.78, 5) is 10.8. The zero-order valence-corrected chi connectivity index (χ0v) is 11.9. The van der Waals surface area contributed by atoms with Gasteiger partial charge >= 0.3 is 0 Å². The fourth-order valence-corrected chi connectivity index (χ4v) is 2.84. The number of rotatable bonds is 2. The molecule has 0 saturated heterocycles. The van der Waals surface area contributed by atoms with Gasteiger partial charge in [0.05, 0.1) is 10.0 Å². The molecule has 2 aromatic rings. The van der Waals surface area contributed by atoms with Crippen LogP contribution in [0, 0.1) is 0 Å². The normalized spacial score (nSPS) is 10.4. The van der Waals surface area contributed by atoms with Crippen molar-refractivity contribution in [1.29, 1.82) is 0 Å². The lowest BCUT2D eigenvalue weighted by molar-refractivity contribution is 0.112. The Morgan fingerprint density at radius 1 is 0.833 bits per heavy atom. The maximum atomic E-state index is 10.8.